The van der Waals surface area contributed by atoms with Gasteiger partial charge in [0.2, 0.25) is 0 Å². The molecule has 0 bridgehead atoms. The van der Waals surface area contributed by atoms with Crippen LogP contribution in [-0.2, 0) is 0 Å². The van der Waals surface area contributed by atoms with Gasteiger partial charge in [-0.25, -0.2) is 8.78 Å². The van der Waals surface area contributed by atoms with E-state index in [1.807, 2.05) is 13.8 Å². The molecular formula is C16H16ClF2N. The molecule has 0 radical (unpaired) electrons. The zero-order chi connectivity index (χ0) is 14.7. The minimum atomic E-state index is -0.350. The highest BCUT2D eigenvalue weighted by Crippen LogP contribution is 2.26. The van der Waals surface area contributed by atoms with Crippen molar-refractivity contribution in [3.63, 3.8) is 0 Å². The van der Waals surface area contributed by atoms with Gasteiger partial charge in [-0.15, -0.1) is 0 Å². The van der Waals surface area contributed by atoms with Crippen molar-refractivity contribution >= 4 is 11.6 Å². The second-order valence-corrected chi connectivity index (χ2v) is 5.23. The van der Waals surface area contributed by atoms with Gasteiger partial charge >= 0.3 is 0 Å². The van der Waals surface area contributed by atoms with Crippen molar-refractivity contribution in [2.75, 3.05) is 0 Å². The third kappa shape index (κ3) is 3.56. The molecule has 106 valence electrons. The van der Waals surface area contributed by atoms with Crippen LogP contribution in [0.3, 0.4) is 0 Å². The zero-order valence-electron chi connectivity index (χ0n) is 11.3. The average Bonchev–Trinajstić information content (AvgIpc) is 2.39. The monoisotopic (exact) mass is 295 g/mol. The van der Waals surface area contributed by atoms with E-state index in [-0.39, 0.29) is 23.7 Å². The summed E-state index contributed by atoms with van der Waals surface area (Å²) in [5.41, 5.74) is 1.82. The molecule has 0 aliphatic carbocycles. The topological polar surface area (TPSA) is 12.0 Å². The van der Waals surface area contributed by atoms with Crippen LogP contribution in [0.2, 0.25) is 5.02 Å². The Balaban J connectivity index is 2.10. The smallest absolute Gasteiger partial charge is 0.124 e. The molecule has 1 N–H and O–H groups in total. The predicted molar refractivity (Wildman–Crippen MR) is 77.8 cm³/mol. The Morgan fingerprint density at radius 3 is 2.10 bits per heavy atom. The SMILES string of the molecule is CC(N[C@H](C)c1ccc(F)cc1)c1ccc(F)cc1Cl. The largest absolute Gasteiger partial charge is 0.304 e. The molecule has 2 aromatic carbocycles. The number of hydrogen-bond donors (Lipinski definition) is 1. The van der Waals surface area contributed by atoms with Crippen LogP contribution in [0.5, 0.6) is 0 Å². The first-order chi connectivity index (χ1) is 9.47. The fourth-order valence-electron chi connectivity index (χ4n) is 2.17. The van der Waals surface area contributed by atoms with Gasteiger partial charge in [-0.3, -0.25) is 0 Å². The Labute approximate surface area is 122 Å². The molecule has 0 aliphatic heterocycles. The van der Waals surface area contributed by atoms with Gasteiger partial charge in [0.15, 0.2) is 0 Å². The van der Waals surface area contributed by atoms with Gasteiger partial charge in [0.25, 0.3) is 0 Å². The van der Waals surface area contributed by atoms with Crippen LogP contribution in [0.4, 0.5) is 8.78 Å². The number of rotatable bonds is 4. The van der Waals surface area contributed by atoms with Crippen LogP contribution >= 0.6 is 11.6 Å². The highest BCUT2D eigenvalue weighted by molar-refractivity contribution is 6.31. The van der Waals surface area contributed by atoms with Crippen molar-refractivity contribution in [3.8, 4) is 0 Å². The molecule has 0 saturated carbocycles. The van der Waals surface area contributed by atoms with Gasteiger partial charge in [0, 0.05) is 17.1 Å². The molecule has 2 rings (SSSR count). The minimum absolute atomic E-state index is 0.0340. The Hall–Kier alpha value is -1.45. The normalized spacial score (nSPS) is 14.1. The van der Waals surface area contributed by atoms with E-state index in [0.717, 1.165) is 11.1 Å². The first-order valence-corrected chi connectivity index (χ1v) is 6.81. The molecule has 2 atom stereocenters. The van der Waals surface area contributed by atoms with Gasteiger partial charge in [-0.2, -0.15) is 0 Å². The second kappa shape index (κ2) is 6.33. The summed E-state index contributed by atoms with van der Waals surface area (Å²) in [6.45, 7) is 3.94. The lowest BCUT2D eigenvalue weighted by Gasteiger charge is -2.21. The van der Waals surface area contributed by atoms with Crippen LogP contribution in [0.25, 0.3) is 0 Å². The van der Waals surface area contributed by atoms with Gasteiger partial charge < -0.3 is 5.32 Å². The molecule has 4 heteroatoms. The van der Waals surface area contributed by atoms with E-state index < -0.39 is 0 Å². The number of nitrogens with one attached hydrogen (secondary N) is 1. The van der Waals surface area contributed by atoms with Crippen LogP contribution < -0.4 is 5.32 Å². The summed E-state index contributed by atoms with van der Waals surface area (Å²) < 4.78 is 25.9. The Kier molecular flexibility index (Phi) is 4.73. The van der Waals surface area contributed by atoms with Crippen LogP contribution in [0, 0.1) is 11.6 Å². The first kappa shape index (κ1) is 14.9. The molecule has 20 heavy (non-hydrogen) atoms. The molecule has 0 saturated heterocycles. The van der Waals surface area contributed by atoms with E-state index >= 15 is 0 Å². The highest BCUT2D eigenvalue weighted by atomic mass is 35.5. The molecule has 2 aromatic rings. The summed E-state index contributed by atoms with van der Waals surface area (Å²) in [4.78, 5) is 0. The van der Waals surface area contributed by atoms with Gasteiger partial charge in [0.05, 0.1) is 0 Å². The van der Waals surface area contributed by atoms with Crippen molar-refractivity contribution in [1.82, 2.24) is 5.32 Å². The molecule has 0 aromatic heterocycles. The van der Waals surface area contributed by atoms with Crippen molar-refractivity contribution in [1.29, 1.82) is 0 Å². The van der Waals surface area contributed by atoms with Crippen LogP contribution in [0.1, 0.15) is 37.1 Å². The van der Waals surface area contributed by atoms with Crippen molar-refractivity contribution in [2.45, 2.75) is 25.9 Å². The maximum absolute atomic E-state index is 13.0. The summed E-state index contributed by atoms with van der Waals surface area (Å²) in [6, 6.07) is 10.7. The summed E-state index contributed by atoms with van der Waals surface area (Å²) in [6.07, 6.45) is 0. The predicted octanol–water partition coefficient (Wildman–Crippen LogP) is 5.03. The van der Waals surface area contributed by atoms with Crippen molar-refractivity contribution in [2.24, 2.45) is 0 Å². The minimum Gasteiger partial charge on any atom is -0.304 e. The van der Waals surface area contributed by atoms with E-state index in [2.05, 4.69) is 5.32 Å². The summed E-state index contributed by atoms with van der Waals surface area (Å²) in [5.74, 6) is -0.604. The number of halogens is 3. The molecule has 1 unspecified atom stereocenters. The maximum Gasteiger partial charge on any atom is 0.124 e. The Morgan fingerprint density at radius 2 is 1.50 bits per heavy atom. The lowest BCUT2D eigenvalue weighted by atomic mass is 10.0. The third-order valence-corrected chi connectivity index (χ3v) is 3.63. The van der Waals surface area contributed by atoms with E-state index in [1.165, 1.54) is 24.3 Å². The maximum atomic E-state index is 13.0. The number of hydrogen-bond acceptors (Lipinski definition) is 1. The van der Waals surface area contributed by atoms with Crippen molar-refractivity contribution in [3.05, 3.63) is 70.2 Å². The summed E-state index contributed by atoms with van der Waals surface area (Å²) in [5, 5.41) is 3.76. The highest BCUT2D eigenvalue weighted by Gasteiger charge is 2.14. The lowest BCUT2D eigenvalue weighted by Crippen LogP contribution is -2.22. The standard InChI is InChI=1S/C16H16ClF2N/c1-10(12-3-5-13(18)6-4-12)20-11(2)15-8-7-14(19)9-16(15)17/h3-11,20H,1-2H3/t10-,11?/m1/s1. The van der Waals surface area contributed by atoms with E-state index in [9.17, 15) is 8.78 Å². The first-order valence-electron chi connectivity index (χ1n) is 6.44. The Morgan fingerprint density at radius 1 is 0.900 bits per heavy atom. The van der Waals surface area contributed by atoms with Gasteiger partial charge in [-0.1, -0.05) is 29.8 Å². The molecule has 0 spiro atoms. The van der Waals surface area contributed by atoms with Gasteiger partial charge in [0.1, 0.15) is 11.6 Å². The molecule has 0 fully saturated rings. The quantitative estimate of drug-likeness (QED) is 0.834. The average molecular weight is 296 g/mol. The van der Waals surface area contributed by atoms with Crippen molar-refractivity contribution < 1.29 is 8.78 Å². The molecular weight excluding hydrogens is 280 g/mol. The summed E-state index contributed by atoms with van der Waals surface area (Å²) >= 11 is 6.05. The molecule has 0 aliphatic rings. The fraction of sp³-hybridized carbons (Fsp3) is 0.250. The second-order valence-electron chi connectivity index (χ2n) is 4.83. The zero-order valence-corrected chi connectivity index (χ0v) is 12.1. The van der Waals surface area contributed by atoms with Crippen LogP contribution in [0.15, 0.2) is 42.5 Å². The van der Waals surface area contributed by atoms with Crippen LogP contribution in [-0.4, -0.2) is 0 Å². The van der Waals surface area contributed by atoms with Gasteiger partial charge in [-0.05, 0) is 49.2 Å². The molecule has 0 amide bonds. The molecule has 1 nitrogen and oxygen atoms in total. The van der Waals surface area contributed by atoms with E-state index in [0.29, 0.717) is 5.02 Å². The van der Waals surface area contributed by atoms with E-state index in [1.54, 1.807) is 18.2 Å². The lowest BCUT2D eigenvalue weighted by molar-refractivity contribution is 0.493. The third-order valence-electron chi connectivity index (χ3n) is 3.30. The Bertz CT molecular complexity index is 584. The fourth-order valence-corrected chi connectivity index (χ4v) is 2.50. The molecule has 0 heterocycles. The number of benzene rings is 2. The van der Waals surface area contributed by atoms with E-state index in [4.69, 9.17) is 11.6 Å². The summed E-state index contributed by atoms with van der Waals surface area (Å²) in [7, 11) is 0.